The van der Waals surface area contributed by atoms with Crippen LogP contribution in [0.25, 0.3) is 0 Å². The van der Waals surface area contributed by atoms with E-state index in [1.807, 2.05) is 0 Å². The first-order valence-electron chi connectivity index (χ1n) is 3.57. The van der Waals surface area contributed by atoms with Crippen LogP contribution in [0.3, 0.4) is 0 Å². The van der Waals surface area contributed by atoms with Crippen molar-refractivity contribution in [3.63, 3.8) is 0 Å². The van der Waals surface area contributed by atoms with Crippen molar-refractivity contribution >= 4 is 5.97 Å². The molecule has 6 heteroatoms. The Kier molecular flexibility index (Phi) is 5.93. The Balaban J connectivity index is 0.000000364. The molecule has 0 atom stereocenters. The summed E-state index contributed by atoms with van der Waals surface area (Å²) in [5, 5.41) is 7.42. The third-order valence-electron chi connectivity index (χ3n) is 0.848. The van der Waals surface area contributed by atoms with Gasteiger partial charge in [-0.3, -0.25) is 4.79 Å². The molecule has 0 aliphatic rings. The number of aliphatic carboxylic acids is 1. The van der Waals surface area contributed by atoms with E-state index in [2.05, 4.69) is 9.72 Å². The van der Waals surface area contributed by atoms with Crippen LogP contribution < -0.4 is 4.74 Å². The van der Waals surface area contributed by atoms with Crippen molar-refractivity contribution in [1.29, 1.82) is 0 Å². The van der Waals surface area contributed by atoms with Crippen LogP contribution in [-0.2, 0) is 4.79 Å². The average Bonchev–Trinajstić information content (AvgIpc) is 2.03. The third-order valence-corrected chi connectivity index (χ3v) is 0.848. The lowest BCUT2D eigenvalue weighted by Crippen LogP contribution is -2.02. The second-order valence-electron chi connectivity index (χ2n) is 2.07. The highest BCUT2D eigenvalue weighted by Gasteiger charge is 2.02. The molecular weight excluding hydrogens is 196 g/mol. The van der Waals surface area contributed by atoms with E-state index in [1.165, 1.54) is 12.3 Å². The van der Waals surface area contributed by atoms with E-state index in [9.17, 15) is 8.78 Å². The molecule has 78 valence electrons. The zero-order valence-corrected chi connectivity index (χ0v) is 7.35. The second-order valence-corrected chi connectivity index (χ2v) is 2.07. The maximum atomic E-state index is 11.5. The molecule has 1 aromatic heterocycles. The van der Waals surface area contributed by atoms with Gasteiger partial charge < -0.3 is 9.84 Å². The summed E-state index contributed by atoms with van der Waals surface area (Å²) in [6, 6.07) is 4.56. The van der Waals surface area contributed by atoms with E-state index < -0.39 is 12.6 Å². The van der Waals surface area contributed by atoms with E-state index in [0.29, 0.717) is 0 Å². The first-order chi connectivity index (χ1) is 6.52. The zero-order valence-electron chi connectivity index (χ0n) is 7.35. The lowest BCUT2D eigenvalue weighted by Gasteiger charge is -2.00. The summed E-state index contributed by atoms with van der Waals surface area (Å²) in [4.78, 5) is 12.5. The Bertz CT molecular complexity index is 263. The number of halogens is 2. The summed E-state index contributed by atoms with van der Waals surface area (Å²) in [6.07, 6.45) is 1.39. The molecule has 1 N–H and O–H groups in total. The van der Waals surface area contributed by atoms with Gasteiger partial charge in [0.1, 0.15) is 0 Å². The monoisotopic (exact) mass is 205 g/mol. The largest absolute Gasteiger partial charge is 0.481 e. The smallest absolute Gasteiger partial charge is 0.388 e. The number of carboxylic acid groups (broad SMARTS) is 1. The molecule has 0 aliphatic carbocycles. The molecule has 0 saturated carbocycles. The molecule has 0 aliphatic heterocycles. The number of ether oxygens (including phenoxy) is 1. The molecule has 14 heavy (non-hydrogen) atoms. The predicted molar refractivity (Wildman–Crippen MR) is 44.2 cm³/mol. The van der Waals surface area contributed by atoms with Gasteiger partial charge in [0.25, 0.3) is 5.97 Å². The Morgan fingerprint density at radius 3 is 2.50 bits per heavy atom. The van der Waals surface area contributed by atoms with Crippen molar-refractivity contribution in [2.24, 2.45) is 0 Å². The number of aromatic nitrogens is 1. The number of carbonyl (C=O) groups is 1. The molecule has 1 aromatic rings. The van der Waals surface area contributed by atoms with Crippen LogP contribution in [0, 0.1) is 0 Å². The minimum atomic E-state index is -2.80. The van der Waals surface area contributed by atoms with E-state index in [4.69, 9.17) is 9.90 Å². The molecule has 1 rings (SSSR count). The summed E-state index contributed by atoms with van der Waals surface area (Å²) in [6.45, 7) is -1.71. The molecule has 0 fully saturated rings. The number of carboxylic acids is 1. The molecule has 0 unspecified atom stereocenters. The fraction of sp³-hybridized carbons (Fsp3) is 0.250. The number of pyridine rings is 1. The predicted octanol–water partition coefficient (Wildman–Crippen LogP) is 1.77. The van der Waals surface area contributed by atoms with Gasteiger partial charge >= 0.3 is 6.61 Å². The van der Waals surface area contributed by atoms with Gasteiger partial charge in [-0.2, -0.15) is 8.78 Å². The third kappa shape index (κ3) is 8.38. The van der Waals surface area contributed by atoms with Crippen LogP contribution in [0.4, 0.5) is 8.78 Å². The van der Waals surface area contributed by atoms with Gasteiger partial charge in [0.15, 0.2) is 0 Å². The van der Waals surface area contributed by atoms with E-state index in [0.717, 1.165) is 6.92 Å². The van der Waals surface area contributed by atoms with Crippen molar-refractivity contribution < 1.29 is 23.4 Å². The van der Waals surface area contributed by atoms with Gasteiger partial charge in [-0.25, -0.2) is 4.98 Å². The highest BCUT2D eigenvalue weighted by atomic mass is 19.3. The van der Waals surface area contributed by atoms with E-state index >= 15 is 0 Å². The van der Waals surface area contributed by atoms with E-state index in [-0.39, 0.29) is 5.88 Å². The summed E-state index contributed by atoms with van der Waals surface area (Å²) in [5.74, 6) is -0.891. The van der Waals surface area contributed by atoms with E-state index in [1.54, 1.807) is 12.1 Å². The minimum absolute atomic E-state index is 0.0579. The molecule has 0 aromatic carbocycles. The van der Waals surface area contributed by atoms with Crippen molar-refractivity contribution in [2.75, 3.05) is 0 Å². The topological polar surface area (TPSA) is 59.4 Å². The molecule has 0 bridgehead atoms. The van der Waals surface area contributed by atoms with Crippen LogP contribution in [0.5, 0.6) is 5.88 Å². The number of rotatable bonds is 2. The lowest BCUT2D eigenvalue weighted by atomic mass is 10.5. The maximum Gasteiger partial charge on any atom is 0.388 e. The number of hydrogen-bond acceptors (Lipinski definition) is 3. The average molecular weight is 205 g/mol. The van der Waals surface area contributed by atoms with Gasteiger partial charge in [0.2, 0.25) is 5.88 Å². The van der Waals surface area contributed by atoms with Crippen LogP contribution in [0.1, 0.15) is 6.92 Å². The highest BCUT2D eigenvalue weighted by molar-refractivity contribution is 5.62. The molecule has 0 saturated heterocycles. The summed E-state index contributed by atoms with van der Waals surface area (Å²) < 4.78 is 26.9. The van der Waals surface area contributed by atoms with Crippen LogP contribution in [0.15, 0.2) is 24.4 Å². The van der Waals surface area contributed by atoms with Gasteiger partial charge in [0.05, 0.1) is 0 Å². The Morgan fingerprint density at radius 1 is 1.57 bits per heavy atom. The van der Waals surface area contributed by atoms with Crippen LogP contribution in [0.2, 0.25) is 0 Å². The Hall–Kier alpha value is -1.72. The first-order valence-corrected chi connectivity index (χ1v) is 3.57. The summed E-state index contributed by atoms with van der Waals surface area (Å²) >= 11 is 0. The number of hydrogen-bond donors (Lipinski definition) is 1. The fourth-order valence-corrected chi connectivity index (χ4v) is 0.508. The summed E-state index contributed by atoms with van der Waals surface area (Å²) in [5.41, 5.74) is 0. The van der Waals surface area contributed by atoms with Crippen molar-refractivity contribution in [3.05, 3.63) is 24.4 Å². The Morgan fingerprint density at radius 2 is 2.14 bits per heavy atom. The fourth-order valence-electron chi connectivity index (χ4n) is 0.508. The normalized spacial score (nSPS) is 8.86. The molecular formula is C8H9F2NO3. The zero-order chi connectivity index (χ0) is 11.0. The van der Waals surface area contributed by atoms with Crippen molar-refractivity contribution in [2.45, 2.75) is 13.5 Å². The van der Waals surface area contributed by atoms with Crippen LogP contribution >= 0.6 is 0 Å². The van der Waals surface area contributed by atoms with Crippen LogP contribution in [-0.4, -0.2) is 22.7 Å². The van der Waals surface area contributed by atoms with Gasteiger partial charge in [-0.05, 0) is 6.07 Å². The molecule has 4 nitrogen and oxygen atoms in total. The SMILES string of the molecule is CC(=O)O.FC(F)Oc1ccccn1. The van der Waals surface area contributed by atoms with Gasteiger partial charge in [0, 0.05) is 19.2 Å². The molecule has 1 heterocycles. The molecule has 0 radical (unpaired) electrons. The van der Waals surface area contributed by atoms with Crippen molar-refractivity contribution in [1.82, 2.24) is 4.98 Å². The number of alkyl halides is 2. The number of nitrogens with zero attached hydrogens (tertiary/aromatic N) is 1. The molecule has 0 spiro atoms. The summed E-state index contributed by atoms with van der Waals surface area (Å²) in [7, 11) is 0. The Labute approximate surface area is 79.2 Å². The van der Waals surface area contributed by atoms with Gasteiger partial charge in [-0.15, -0.1) is 0 Å². The quantitative estimate of drug-likeness (QED) is 0.799. The van der Waals surface area contributed by atoms with Gasteiger partial charge in [-0.1, -0.05) is 6.07 Å². The standard InChI is InChI=1S/C6H5F2NO.C2H4O2/c7-6(8)10-5-3-1-2-4-9-5;1-2(3)4/h1-4,6H;1H3,(H,3,4). The minimum Gasteiger partial charge on any atom is -0.481 e. The lowest BCUT2D eigenvalue weighted by molar-refractivity contribution is -0.134. The first kappa shape index (κ1) is 12.3. The van der Waals surface area contributed by atoms with Crippen molar-refractivity contribution in [3.8, 4) is 5.88 Å². The molecule has 0 amide bonds. The second kappa shape index (κ2) is 6.76. The highest BCUT2D eigenvalue weighted by Crippen LogP contribution is 2.06. The maximum absolute atomic E-state index is 11.5.